The lowest BCUT2D eigenvalue weighted by atomic mass is 10.1. The fraction of sp³-hybridized carbons (Fsp3) is 0.100. The summed E-state index contributed by atoms with van der Waals surface area (Å²) in [5.74, 6) is -0.129. The SMILES string of the molecule is C=C/C=C1/C(=C)C(=O)N/C1=C/C. The highest BCUT2D eigenvalue weighted by atomic mass is 16.2. The Hall–Kier alpha value is -1.57. The zero-order chi connectivity index (χ0) is 9.14. The zero-order valence-corrected chi connectivity index (χ0v) is 7.05. The molecule has 2 heteroatoms. The molecule has 0 unspecified atom stereocenters. The van der Waals surface area contributed by atoms with Gasteiger partial charge in [-0.3, -0.25) is 4.79 Å². The van der Waals surface area contributed by atoms with Gasteiger partial charge in [-0.25, -0.2) is 0 Å². The van der Waals surface area contributed by atoms with Crippen LogP contribution in [0, 0.1) is 0 Å². The summed E-state index contributed by atoms with van der Waals surface area (Å²) in [4.78, 5) is 11.1. The Bertz CT molecular complexity index is 308. The van der Waals surface area contributed by atoms with Crippen molar-refractivity contribution in [2.24, 2.45) is 0 Å². The predicted octanol–water partition coefficient (Wildman–Crippen LogP) is 1.69. The Kier molecular flexibility index (Phi) is 2.29. The third-order valence-corrected chi connectivity index (χ3v) is 1.71. The Labute approximate surface area is 72.0 Å². The van der Waals surface area contributed by atoms with Gasteiger partial charge in [-0.2, -0.15) is 0 Å². The van der Waals surface area contributed by atoms with Gasteiger partial charge >= 0.3 is 0 Å². The van der Waals surface area contributed by atoms with Gasteiger partial charge < -0.3 is 5.32 Å². The molecule has 0 saturated carbocycles. The number of carbonyl (C=O) groups is 1. The third kappa shape index (κ3) is 1.23. The van der Waals surface area contributed by atoms with Crippen molar-refractivity contribution in [2.45, 2.75) is 6.92 Å². The first-order chi connectivity index (χ1) is 5.70. The van der Waals surface area contributed by atoms with Crippen LogP contribution in [-0.4, -0.2) is 5.91 Å². The molecule has 1 aliphatic heterocycles. The lowest BCUT2D eigenvalue weighted by molar-refractivity contribution is -0.115. The Morgan fingerprint density at radius 1 is 1.50 bits per heavy atom. The van der Waals surface area contributed by atoms with E-state index in [1.54, 1.807) is 12.2 Å². The monoisotopic (exact) mass is 161 g/mol. The van der Waals surface area contributed by atoms with Gasteiger partial charge in [0.25, 0.3) is 5.91 Å². The van der Waals surface area contributed by atoms with Gasteiger partial charge in [0.1, 0.15) is 0 Å². The average molecular weight is 161 g/mol. The maximum Gasteiger partial charge on any atom is 0.255 e. The number of rotatable bonds is 1. The van der Waals surface area contributed by atoms with Crippen LogP contribution in [0.25, 0.3) is 0 Å². The van der Waals surface area contributed by atoms with Gasteiger partial charge in [-0.05, 0) is 6.92 Å². The van der Waals surface area contributed by atoms with E-state index < -0.39 is 0 Å². The van der Waals surface area contributed by atoms with Crippen LogP contribution in [0.4, 0.5) is 0 Å². The number of hydrogen-bond donors (Lipinski definition) is 1. The number of hydrogen-bond acceptors (Lipinski definition) is 1. The molecule has 0 atom stereocenters. The smallest absolute Gasteiger partial charge is 0.255 e. The second-order valence-corrected chi connectivity index (χ2v) is 2.45. The summed E-state index contributed by atoms with van der Waals surface area (Å²) in [7, 11) is 0. The molecule has 12 heavy (non-hydrogen) atoms. The maximum atomic E-state index is 11.1. The Morgan fingerprint density at radius 3 is 2.67 bits per heavy atom. The summed E-state index contributed by atoms with van der Waals surface area (Å²) < 4.78 is 0. The van der Waals surface area contributed by atoms with Crippen molar-refractivity contribution in [3.8, 4) is 0 Å². The first-order valence-corrected chi connectivity index (χ1v) is 3.70. The first-order valence-electron chi connectivity index (χ1n) is 3.70. The summed E-state index contributed by atoms with van der Waals surface area (Å²) in [5, 5.41) is 2.69. The minimum Gasteiger partial charge on any atom is -0.322 e. The lowest BCUT2D eigenvalue weighted by Crippen LogP contribution is -2.12. The Balaban J connectivity index is 3.13. The summed E-state index contributed by atoms with van der Waals surface area (Å²) in [6, 6.07) is 0. The van der Waals surface area contributed by atoms with Crippen molar-refractivity contribution >= 4 is 5.91 Å². The van der Waals surface area contributed by atoms with Crippen LogP contribution < -0.4 is 5.32 Å². The molecular formula is C10H11NO. The molecule has 62 valence electrons. The number of amides is 1. The molecule has 0 aromatic rings. The molecule has 1 N–H and O–H groups in total. The second kappa shape index (κ2) is 3.22. The second-order valence-electron chi connectivity index (χ2n) is 2.45. The minimum atomic E-state index is -0.129. The third-order valence-electron chi connectivity index (χ3n) is 1.71. The van der Waals surface area contributed by atoms with E-state index in [4.69, 9.17) is 0 Å². The van der Waals surface area contributed by atoms with Gasteiger partial charge in [-0.1, -0.05) is 31.4 Å². The maximum absolute atomic E-state index is 11.1. The van der Waals surface area contributed by atoms with E-state index in [1.165, 1.54) is 0 Å². The molecule has 0 radical (unpaired) electrons. The van der Waals surface area contributed by atoms with Crippen molar-refractivity contribution in [1.82, 2.24) is 5.32 Å². The normalized spacial score (nSPS) is 23.4. The average Bonchev–Trinajstić information content (AvgIpc) is 2.33. The number of allylic oxidation sites excluding steroid dienone is 4. The van der Waals surface area contributed by atoms with E-state index in [9.17, 15) is 4.79 Å². The molecule has 1 rings (SSSR count). The molecule has 1 heterocycles. The Morgan fingerprint density at radius 2 is 2.17 bits per heavy atom. The van der Waals surface area contributed by atoms with E-state index in [2.05, 4.69) is 18.5 Å². The van der Waals surface area contributed by atoms with Crippen LogP contribution in [0.2, 0.25) is 0 Å². The van der Waals surface area contributed by atoms with E-state index in [-0.39, 0.29) is 5.91 Å². The van der Waals surface area contributed by atoms with E-state index >= 15 is 0 Å². The molecule has 1 fully saturated rings. The summed E-state index contributed by atoms with van der Waals surface area (Å²) in [6.07, 6.45) is 5.26. The minimum absolute atomic E-state index is 0.129. The summed E-state index contributed by atoms with van der Waals surface area (Å²) in [6.45, 7) is 9.10. The van der Waals surface area contributed by atoms with Crippen LogP contribution in [0.5, 0.6) is 0 Å². The van der Waals surface area contributed by atoms with Crippen molar-refractivity contribution in [3.05, 3.63) is 48.2 Å². The van der Waals surface area contributed by atoms with Gasteiger partial charge in [0, 0.05) is 16.8 Å². The van der Waals surface area contributed by atoms with Crippen LogP contribution in [-0.2, 0) is 4.79 Å². The predicted molar refractivity (Wildman–Crippen MR) is 49.3 cm³/mol. The fourth-order valence-corrected chi connectivity index (χ4v) is 1.09. The number of nitrogens with one attached hydrogen (secondary N) is 1. The summed E-state index contributed by atoms with van der Waals surface area (Å²) in [5.41, 5.74) is 2.14. The van der Waals surface area contributed by atoms with Crippen molar-refractivity contribution < 1.29 is 4.79 Å². The standard InChI is InChI=1S/C10H11NO/c1-4-6-8-7(3)10(12)11-9(8)5-2/h4-6H,1,3H2,2H3,(H,11,12)/b8-6-,9-5+. The molecule has 1 aliphatic rings. The van der Waals surface area contributed by atoms with Gasteiger partial charge in [0.15, 0.2) is 0 Å². The fourth-order valence-electron chi connectivity index (χ4n) is 1.09. The van der Waals surface area contributed by atoms with Crippen molar-refractivity contribution in [1.29, 1.82) is 0 Å². The number of carbonyl (C=O) groups excluding carboxylic acids is 1. The largest absolute Gasteiger partial charge is 0.322 e. The van der Waals surface area contributed by atoms with Crippen LogP contribution in [0.15, 0.2) is 48.2 Å². The molecule has 0 aromatic heterocycles. The van der Waals surface area contributed by atoms with Gasteiger partial charge in [-0.15, -0.1) is 0 Å². The molecule has 2 nitrogen and oxygen atoms in total. The van der Waals surface area contributed by atoms with Gasteiger partial charge in [0.2, 0.25) is 0 Å². The quantitative estimate of drug-likeness (QED) is 0.582. The summed E-state index contributed by atoms with van der Waals surface area (Å²) >= 11 is 0. The molecule has 0 aromatic carbocycles. The van der Waals surface area contributed by atoms with Crippen molar-refractivity contribution in [2.75, 3.05) is 0 Å². The van der Waals surface area contributed by atoms with E-state index in [0.29, 0.717) is 5.57 Å². The van der Waals surface area contributed by atoms with Crippen LogP contribution >= 0.6 is 0 Å². The van der Waals surface area contributed by atoms with Gasteiger partial charge in [0.05, 0.1) is 0 Å². The highest BCUT2D eigenvalue weighted by Gasteiger charge is 2.23. The highest BCUT2D eigenvalue weighted by Crippen LogP contribution is 2.23. The molecule has 1 saturated heterocycles. The first kappa shape index (κ1) is 8.53. The van der Waals surface area contributed by atoms with E-state index in [0.717, 1.165) is 11.3 Å². The molecular weight excluding hydrogens is 150 g/mol. The topological polar surface area (TPSA) is 29.1 Å². The molecule has 0 bridgehead atoms. The molecule has 1 amide bonds. The molecule has 0 spiro atoms. The van der Waals surface area contributed by atoms with Crippen LogP contribution in [0.1, 0.15) is 6.92 Å². The zero-order valence-electron chi connectivity index (χ0n) is 7.05. The van der Waals surface area contributed by atoms with Crippen molar-refractivity contribution in [3.63, 3.8) is 0 Å². The van der Waals surface area contributed by atoms with E-state index in [1.807, 2.05) is 13.0 Å². The lowest BCUT2D eigenvalue weighted by Gasteiger charge is -1.95. The highest BCUT2D eigenvalue weighted by molar-refractivity contribution is 6.04. The molecule has 0 aliphatic carbocycles. The van der Waals surface area contributed by atoms with Crippen LogP contribution in [0.3, 0.4) is 0 Å².